The second-order valence-electron chi connectivity index (χ2n) is 10.1. The van der Waals surface area contributed by atoms with Gasteiger partial charge in [0.05, 0.1) is 36.9 Å². The maximum Gasteiger partial charge on any atom is 0.229 e. The van der Waals surface area contributed by atoms with Crippen LogP contribution in [0.15, 0.2) is 41.1 Å². The van der Waals surface area contributed by atoms with Crippen LogP contribution in [-0.4, -0.2) is 76.4 Å². The summed E-state index contributed by atoms with van der Waals surface area (Å²) < 4.78 is 32.9. The van der Waals surface area contributed by atoms with E-state index < -0.39 is 0 Å². The van der Waals surface area contributed by atoms with Crippen molar-refractivity contribution in [3.63, 3.8) is 0 Å². The normalized spacial score (nSPS) is 22.2. The molecular weight excluding hydrogens is 475 g/mol. The fourth-order valence-corrected chi connectivity index (χ4v) is 5.99. The Balaban J connectivity index is 1.31. The fraction of sp³-hybridized carbons (Fsp3) is 0.370. The van der Waals surface area contributed by atoms with Crippen LogP contribution in [0.5, 0.6) is 0 Å². The number of pyridine rings is 1. The highest BCUT2D eigenvalue weighted by atomic mass is 19.1. The van der Waals surface area contributed by atoms with Crippen molar-refractivity contribution < 1.29 is 18.3 Å². The number of furan rings is 1. The van der Waals surface area contributed by atoms with Gasteiger partial charge in [0.15, 0.2) is 17.2 Å². The molecule has 1 N–H and O–H groups in total. The number of H-pyrrole nitrogens is 1. The summed E-state index contributed by atoms with van der Waals surface area (Å²) in [6.45, 7) is 5.05. The molecule has 0 spiro atoms. The van der Waals surface area contributed by atoms with Crippen LogP contribution >= 0.6 is 0 Å². The van der Waals surface area contributed by atoms with Crippen LogP contribution in [-0.2, 0) is 16.0 Å². The zero-order chi connectivity index (χ0) is 24.5. The van der Waals surface area contributed by atoms with Gasteiger partial charge in [-0.25, -0.2) is 19.3 Å². The summed E-state index contributed by atoms with van der Waals surface area (Å²) >= 11 is 0. The van der Waals surface area contributed by atoms with Crippen LogP contribution in [0.2, 0.25) is 0 Å². The summed E-state index contributed by atoms with van der Waals surface area (Å²) in [6, 6.07) is 7.62. The second-order valence-corrected chi connectivity index (χ2v) is 10.1. The van der Waals surface area contributed by atoms with E-state index in [0.29, 0.717) is 72.5 Å². The molecule has 8 rings (SSSR count). The molecule has 0 unspecified atom stereocenters. The Morgan fingerprint density at radius 1 is 1.11 bits per heavy atom. The zero-order valence-electron chi connectivity index (χ0n) is 20.1. The molecule has 1 aromatic carbocycles. The van der Waals surface area contributed by atoms with Gasteiger partial charge >= 0.3 is 0 Å². The van der Waals surface area contributed by atoms with E-state index in [4.69, 9.17) is 23.9 Å². The average Bonchev–Trinajstić information content (AvgIpc) is 3.72. The van der Waals surface area contributed by atoms with Crippen LogP contribution in [0.25, 0.3) is 44.5 Å². The summed E-state index contributed by atoms with van der Waals surface area (Å²) in [5.74, 6) is 0.611. The number of nitrogens with zero attached hydrogens (tertiary/aromatic N) is 5. The minimum Gasteiger partial charge on any atom is -0.432 e. The molecule has 0 saturated carbocycles. The van der Waals surface area contributed by atoms with Gasteiger partial charge in [-0.05, 0) is 36.2 Å². The fourth-order valence-electron chi connectivity index (χ4n) is 5.99. The summed E-state index contributed by atoms with van der Waals surface area (Å²) in [4.78, 5) is 22.2. The van der Waals surface area contributed by atoms with Crippen molar-refractivity contribution in [2.45, 2.75) is 25.1 Å². The quantitative estimate of drug-likeness (QED) is 0.398. The molecule has 9 nitrogen and oxygen atoms in total. The third kappa shape index (κ3) is 3.43. The molecule has 5 aromatic rings. The molecule has 4 aromatic heterocycles. The van der Waals surface area contributed by atoms with Crippen LogP contribution in [0.4, 0.5) is 10.2 Å². The van der Waals surface area contributed by atoms with Crippen molar-refractivity contribution in [1.82, 2.24) is 24.8 Å². The van der Waals surface area contributed by atoms with Gasteiger partial charge in [0.25, 0.3) is 0 Å². The van der Waals surface area contributed by atoms with Crippen molar-refractivity contribution in [1.29, 1.82) is 0 Å². The Morgan fingerprint density at radius 2 is 2.03 bits per heavy atom. The lowest BCUT2D eigenvalue weighted by molar-refractivity contribution is 0.0273. The molecule has 37 heavy (non-hydrogen) atoms. The Hall–Kier alpha value is -3.60. The predicted octanol–water partition coefficient (Wildman–Crippen LogP) is 3.87. The van der Waals surface area contributed by atoms with Crippen LogP contribution in [0.1, 0.15) is 12.0 Å². The third-order valence-corrected chi connectivity index (χ3v) is 7.83. The first kappa shape index (κ1) is 21.5. The predicted molar refractivity (Wildman–Crippen MR) is 136 cm³/mol. The number of hydrogen-bond donors (Lipinski definition) is 1. The SMILES string of the molecule is Fc1ccc2[nH]ccc2c1-c1nc(N2CCOCC2)c2oc3ncc(CN4C[C@@H]5C[C@H]4CO5)cc3c2n1. The molecule has 2 atom stereocenters. The van der Waals surface area contributed by atoms with Crippen LogP contribution < -0.4 is 4.90 Å². The Morgan fingerprint density at radius 3 is 2.86 bits per heavy atom. The number of nitrogens with one attached hydrogen (secondary N) is 1. The lowest BCUT2D eigenvalue weighted by Crippen LogP contribution is -2.37. The molecule has 3 aliphatic heterocycles. The number of hydrogen-bond acceptors (Lipinski definition) is 8. The van der Waals surface area contributed by atoms with E-state index in [0.717, 1.165) is 48.0 Å². The van der Waals surface area contributed by atoms with Crippen LogP contribution in [0.3, 0.4) is 0 Å². The molecule has 0 amide bonds. The summed E-state index contributed by atoms with van der Waals surface area (Å²) in [7, 11) is 0. The number of aromatic amines is 1. The first-order valence-electron chi connectivity index (χ1n) is 12.7. The van der Waals surface area contributed by atoms with Gasteiger partial charge in [0.1, 0.15) is 11.3 Å². The number of aromatic nitrogens is 4. The lowest BCUT2D eigenvalue weighted by Gasteiger charge is -2.27. The monoisotopic (exact) mass is 500 g/mol. The smallest absolute Gasteiger partial charge is 0.229 e. The maximum atomic E-state index is 15.3. The molecule has 0 radical (unpaired) electrons. The van der Waals surface area contributed by atoms with E-state index in [1.54, 1.807) is 12.3 Å². The number of rotatable bonds is 4. The summed E-state index contributed by atoms with van der Waals surface area (Å²) in [6.07, 6.45) is 5.11. The zero-order valence-corrected chi connectivity index (χ0v) is 20.1. The minimum atomic E-state index is -0.364. The van der Waals surface area contributed by atoms with Gasteiger partial charge in [0.2, 0.25) is 5.71 Å². The number of anilines is 1. The van der Waals surface area contributed by atoms with Gasteiger partial charge in [-0.1, -0.05) is 0 Å². The minimum absolute atomic E-state index is 0.332. The molecule has 0 aliphatic carbocycles. The topological polar surface area (TPSA) is 92.5 Å². The Labute approximate surface area is 211 Å². The first-order chi connectivity index (χ1) is 18.2. The highest BCUT2D eigenvalue weighted by molar-refractivity contribution is 6.06. The Kier molecular flexibility index (Phi) is 4.76. The van der Waals surface area contributed by atoms with Crippen molar-refractivity contribution in [3.8, 4) is 11.4 Å². The van der Waals surface area contributed by atoms with E-state index in [2.05, 4.69) is 25.8 Å². The van der Waals surface area contributed by atoms with E-state index in [1.165, 1.54) is 6.07 Å². The number of halogens is 1. The summed E-state index contributed by atoms with van der Waals surface area (Å²) in [5, 5.41) is 1.55. The van der Waals surface area contributed by atoms with Gasteiger partial charge in [-0.15, -0.1) is 0 Å². The lowest BCUT2D eigenvalue weighted by atomic mass is 10.1. The number of morpholine rings is 2. The average molecular weight is 501 g/mol. The van der Waals surface area contributed by atoms with Gasteiger partial charge < -0.3 is 23.8 Å². The largest absolute Gasteiger partial charge is 0.432 e. The highest BCUT2D eigenvalue weighted by Gasteiger charge is 2.38. The number of likely N-dealkylation sites (tertiary alicyclic amines) is 1. The van der Waals surface area contributed by atoms with Crippen molar-refractivity contribution in [2.75, 3.05) is 44.4 Å². The molecular formula is C27H25FN6O3. The molecule has 3 fully saturated rings. The Bertz CT molecular complexity index is 1660. The van der Waals surface area contributed by atoms with Gasteiger partial charge in [-0.3, -0.25) is 4.90 Å². The van der Waals surface area contributed by atoms with Crippen LogP contribution in [0, 0.1) is 5.82 Å². The summed E-state index contributed by atoms with van der Waals surface area (Å²) in [5.41, 5.74) is 4.02. The van der Waals surface area contributed by atoms with Gasteiger partial charge in [-0.2, -0.15) is 0 Å². The van der Waals surface area contributed by atoms with Crippen molar-refractivity contribution in [3.05, 3.63) is 48.0 Å². The standard InChI is InChI=1S/C27H25FN6O3/c28-20-1-2-21-18(3-4-29-21)22(20)25-31-23-19-9-15(12-34-13-17-10-16(34)14-36-17)11-30-27(19)37-24(23)26(32-25)33-5-7-35-8-6-33/h1-4,9,11,16-17,29H,5-8,10,12-14H2/t16-,17-/m0/s1. The van der Waals surface area contributed by atoms with E-state index in [9.17, 15) is 0 Å². The second kappa shape index (κ2) is 8.20. The van der Waals surface area contributed by atoms with Gasteiger partial charge in [0, 0.05) is 55.5 Å². The van der Waals surface area contributed by atoms with E-state index in [1.807, 2.05) is 12.3 Å². The molecule has 7 heterocycles. The molecule has 10 heteroatoms. The first-order valence-corrected chi connectivity index (χ1v) is 12.7. The highest BCUT2D eigenvalue weighted by Crippen LogP contribution is 2.37. The number of fused-ring (bicyclic) bond motifs is 6. The molecule has 188 valence electrons. The maximum absolute atomic E-state index is 15.3. The molecule has 3 aliphatic rings. The van der Waals surface area contributed by atoms with Crippen molar-refractivity contribution in [2.24, 2.45) is 0 Å². The third-order valence-electron chi connectivity index (χ3n) is 7.83. The van der Waals surface area contributed by atoms with E-state index >= 15 is 4.39 Å². The van der Waals surface area contributed by atoms with Crippen molar-refractivity contribution >= 4 is 38.9 Å². The van der Waals surface area contributed by atoms with E-state index in [-0.39, 0.29) is 5.82 Å². The molecule has 2 bridgehead atoms. The molecule has 3 saturated heterocycles. The number of benzene rings is 1. The number of ether oxygens (including phenoxy) is 2.